The van der Waals surface area contributed by atoms with Crippen molar-refractivity contribution in [1.29, 1.82) is 0 Å². The molecule has 1 N–H and O–H groups in total. The van der Waals surface area contributed by atoms with Crippen molar-refractivity contribution in [3.05, 3.63) is 53.5 Å². The van der Waals surface area contributed by atoms with E-state index in [1.54, 1.807) is 0 Å². The van der Waals surface area contributed by atoms with E-state index >= 15 is 0 Å². The Hall–Kier alpha value is -2.83. The Balaban J connectivity index is 2.14. The van der Waals surface area contributed by atoms with Gasteiger partial charge in [0, 0.05) is 6.07 Å². The van der Waals surface area contributed by atoms with Gasteiger partial charge >= 0.3 is 0 Å². The van der Waals surface area contributed by atoms with E-state index in [0.29, 0.717) is 0 Å². The summed E-state index contributed by atoms with van der Waals surface area (Å²) in [7, 11) is 0. The Kier molecular flexibility index (Phi) is 2.45. The minimum atomic E-state index is -0.650. The summed E-state index contributed by atoms with van der Waals surface area (Å²) in [5.74, 6) is -1.87. The molecule has 0 atom stereocenters. The lowest BCUT2D eigenvalue weighted by atomic mass is 10.1. The second-order valence-electron chi connectivity index (χ2n) is 3.77. The Morgan fingerprint density at radius 1 is 1.11 bits per heavy atom. The average Bonchev–Trinajstić information content (AvgIpc) is 2.62. The predicted octanol–water partition coefficient (Wildman–Crippen LogP) is 2.26. The van der Waals surface area contributed by atoms with Gasteiger partial charge in [0.15, 0.2) is 0 Å². The van der Waals surface area contributed by atoms with Crippen molar-refractivity contribution in [2.24, 2.45) is 0 Å². The molecule has 1 aliphatic rings. The first-order chi connectivity index (χ1) is 9.18. The molecule has 3 rings (SSSR count). The highest BCUT2D eigenvalue weighted by molar-refractivity contribution is 6.33. The first-order valence-electron chi connectivity index (χ1n) is 5.31. The molecular formula is C12H7FN2O4. The molecule has 0 radical (unpaired) electrons. The standard InChI is InChI=1S/C12H7FN2O4/c13-7-3-4-8-9(6-7)12(17)15(11(8)16)10-2-1-5-18-14-19-10/h1-6,14H. The number of amides is 2. The number of aromatic amines is 1. The van der Waals surface area contributed by atoms with E-state index in [1.807, 2.05) is 0 Å². The Labute approximate surface area is 105 Å². The number of imide groups is 1. The van der Waals surface area contributed by atoms with Gasteiger partial charge in [-0.25, -0.2) is 9.29 Å². The van der Waals surface area contributed by atoms with Crippen LogP contribution in [0.4, 0.5) is 10.3 Å². The van der Waals surface area contributed by atoms with Crippen LogP contribution in [0, 0.1) is 5.82 Å². The highest BCUT2D eigenvalue weighted by atomic mass is 19.1. The van der Waals surface area contributed by atoms with Gasteiger partial charge in [-0.1, -0.05) is 5.33 Å². The smallest absolute Gasteiger partial charge is 0.268 e. The number of hydrogen-bond donors (Lipinski definition) is 1. The van der Waals surface area contributed by atoms with Crippen LogP contribution in [-0.4, -0.2) is 17.1 Å². The fourth-order valence-corrected chi connectivity index (χ4v) is 1.82. The number of nitrogens with one attached hydrogen (secondary N) is 1. The summed E-state index contributed by atoms with van der Waals surface area (Å²) in [5, 5.41) is 2.08. The zero-order chi connectivity index (χ0) is 13.4. The van der Waals surface area contributed by atoms with Crippen molar-refractivity contribution >= 4 is 17.7 Å². The molecule has 0 unspecified atom stereocenters. The summed E-state index contributed by atoms with van der Waals surface area (Å²) in [6.07, 6.45) is 1.27. The molecule has 7 heteroatoms. The lowest BCUT2D eigenvalue weighted by Crippen LogP contribution is -2.29. The van der Waals surface area contributed by atoms with E-state index in [2.05, 4.69) is 9.85 Å². The first kappa shape index (κ1) is 11.3. The van der Waals surface area contributed by atoms with Crippen LogP contribution < -0.4 is 4.90 Å². The predicted molar refractivity (Wildman–Crippen MR) is 60.5 cm³/mol. The minimum absolute atomic E-state index is 0.00337. The van der Waals surface area contributed by atoms with Crippen LogP contribution in [0.25, 0.3) is 0 Å². The number of carbonyl (C=O) groups is 2. The van der Waals surface area contributed by atoms with Crippen LogP contribution in [0.1, 0.15) is 20.7 Å². The molecule has 0 saturated carbocycles. The van der Waals surface area contributed by atoms with Crippen LogP contribution in [0.5, 0.6) is 0 Å². The maximum Gasteiger partial charge on any atom is 0.268 e. The number of anilines is 1. The van der Waals surface area contributed by atoms with Crippen molar-refractivity contribution in [1.82, 2.24) is 5.33 Å². The van der Waals surface area contributed by atoms with Crippen molar-refractivity contribution < 1.29 is 23.0 Å². The second kappa shape index (κ2) is 4.13. The quantitative estimate of drug-likeness (QED) is 0.799. The molecular weight excluding hydrogens is 255 g/mol. The first-order valence-corrected chi connectivity index (χ1v) is 5.31. The number of aromatic nitrogens is 1. The van der Waals surface area contributed by atoms with Crippen LogP contribution >= 0.6 is 0 Å². The summed E-state index contributed by atoms with van der Waals surface area (Å²) in [5.41, 5.74) is 0.133. The molecule has 19 heavy (non-hydrogen) atoms. The molecule has 0 spiro atoms. The molecule has 1 aromatic heterocycles. The molecule has 0 fully saturated rings. The zero-order valence-electron chi connectivity index (χ0n) is 9.42. The van der Waals surface area contributed by atoms with E-state index in [4.69, 9.17) is 4.52 Å². The van der Waals surface area contributed by atoms with Gasteiger partial charge < -0.3 is 9.05 Å². The fourth-order valence-electron chi connectivity index (χ4n) is 1.82. The van der Waals surface area contributed by atoms with Crippen molar-refractivity contribution in [2.45, 2.75) is 0 Å². The molecule has 96 valence electrons. The van der Waals surface area contributed by atoms with Gasteiger partial charge in [-0.3, -0.25) is 9.59 Å². The molecule has 0 saturated heterocycles. The summed E-state index contributed by atoms with van der Waals surface area (Å²) >= 11 is 0. The lowest BCUT2D eigenvalue weighted by molar-refractivity contribution is 0.0910. The fraction of sp³-hybridized carbons (Fsp3) is 0. The average molecular weight is 262 g/mol. The van der Waals surface area contributed by atoms with Gasteiger partial charge in [0.1, 0.15) is 12.1 Å². The summed E-state index contributed by atoms with van der Waals surface area (Å²) < 4.78 is 22.7. The number of hydrogen-bond acceptors (Lipinski definition) is 4. The zero-order valence-corrected chi connectivity index (χ0v) is 9.42. The largest absolute Gasteiger partial charge is 0.360 e. The molecule has 6 nitrogen and oxygen atoms in total. The van der Waals surface area contributed by atoms with Gasteiger partial charge in [-0.05, 0) is 24.3 Å². The van der Waals surface area contributed by atoms with Crippen LogP contribution in [0.2, 0.25) is 0 Å². The summed E-state index contributed by atoms with van der Waals surface area (Å²) in [4.78, 5) is 25.0. The molecule has 0 bridgehead atoms. The van der Waals surface area contributed by atoms with Gasteiger partial charge in [0.2, 0.25) is 5.88 Å². The third kappa shape index (κ3) is 1.71. The Morgan fingerprint density at radius 2 is 1.89 bits per heavy atom. The molecule has 2 amide bonds. The van der Waals surface area contributed by atoms with E-state index in [0.717, 1.165) is 17.0 Å². The number of fused-ring (bicyclic) bond motifs is 1. The minimum Gasteiger partial charge on any atom is -0.360 e. The van der Waals surface area contributed by atoms with E-state index in [9.17, 15) is 14.0 Å². The van der Waals surface area contributed by atoms with Gasteiger partial charge in [0.05, 0.1) is 11.1 Å². The number of benzene rings is 1. The maximum atomic E-state index is 13.1. The van der Waals surface area contributed by atoms with Crippen LogP contribution in [0.3, 0.4) is 0 Å². The van der Waals surface area contributed by atoms with Crippen molar-refractivity contribution in [2.75, 3.05) is 4.90 Å². The van der Waals surface area contributed by atoms with E-state index < -0.39 is 17.6 Å². The van der Waals surface area contributed by atoms with E-state index in [1.165, 1.54) is 24.5 Å². The number of H-pyrrole nitrogens is 1. The van der Waals surface area contributed by atoms with Gasteiger partial charge in [-0.2, -0.15) is 0 Å². The molecule has 2 aromatic rings. The number of halogens is 1. The number of carbonyl (C=O) groups excluding carboxylic acids is 2. The molecule has 0 aliphatic carbocycles. The highest BCUT2D eigenvalue weighted by Gasteiger charge is 2.38. The highest BCUT2D eigenvalue weighted by Crippen LogP contribution is 2.27. The molecule has 1 aliphatic heterocycles. The number of rotatable bonds is 1. The topological polar surface area (TPSA) is 79.5 Å². The summed E-state index contributed by atoms with van der Waals surface area (Å²) in [6, 6.07) is 6.23. The second-order valence-corrected chi connectivity index (χ2v) is 3.77. The maximum absolute atomic E-state index is 13.1. The third-order valence-corrected chi connectivity index (χ3v) is 2.65. The SMILES string of the molecule is O=C1c2ccc(F)cc2C(=O)N1c1ccco[nH]o1. The van der Waals surface area contributed by atoms with E-state index in [-0.39, 0.29) is 17.0 Å². The molecule has 1 aromatic carbocycles. The van der Waals surface area contributed by atoms with Crippen LogP contribution in [0.15, 0.2) is 45.6 Å². The number of nitrogens with zero attached hydrogens (tertiary/aromatic N) is 1. The van der Waals surface area contributed by atoms with Gasteiger partial charge in [0.25, 0.3) is 11.8 Å². The lowest BCUT2D eigenvalue weighted by Gasteiger charge is -2.08. The van der Waals surface area contributed by atoms with Crippen molar-refractivity contribution in [3.8, 4) is 0 Å². The summed E-state index contributed by atoms with van der Waals surface area (Å²) in [6.45, 7) is 0. The molecule has 2 heterocycles. The van der Waals surface area contributed by atoms with Gasteiger partial charge in [-0.15, -0.1) is 0 Å². The van der Waals surface area contributed by atoms with Crippen molar-refractivity contribution in [3.63, 3.8) is 0 Å². The van der Waals surface area contributed by atoms with Crippen LogP contribution in [-0.2, 0) is 0 Å². The monoisotopic (exact) mass is 262 g/mol. The normalized spacial score (nSPS) is 13.6. The third-order valence-electron chi connectivity index (χ3n) is 2.65. The Bertz CT molecular complexity index is 692. The Morgan fingerprint density at radius 3 is 2.74 bits per heavy atom.